The average Bonchev–Trinajstić information content (AvgIpc) is 3.07. The lowest BCUT2D eigenvalue weighted by Gasteiger charge is -2.16. The topological polar surface area (TPSA) is 65.1 Å². The van der Waals surface area contributed by atoms with Gasteiger partial charge in [0.25, 0.3) is 0 Å². The number of nitrogens with two attached hydrogens (primary N) is 1. The molecule has 0 fully saturated rings. The van der Waals surface area contributed by atoms with Gasteiger partial charge in [-0.05, 0) is 32.3 Å². The Hall–Kier alpha value is -2.86. The SMILES string of the molecule is CN(C)CCOc1c(-c2ccccc2[NH2+]O)ccc2c1[nH]c1ccccc12. The Morgan fingerprint density at radius 1 is 0.926 bits per heavy atom. The number of benzene rings is 3. The van der Waals surface area contributed by atoms with Crippen molar-refractivity contribution >= 4 is 27.5 Å². The van der Waals surface area contributed by atoms with Crippen LogP contribution in [0.4, 0.5) is 5.69 Å². The summed E-state index contributed by atoms with van der Waals surface area (Å²) in [6.07, 6.45) is 0. The number of hydrogen-bond acceptors (Lipinski definition) is 3. The van der Waals surface area contributed by atoms with E-state index in [-0.39, 0.29) is 0 Å². The standard InChI is InChI=1S/C22H23N3O2/c1-25(2)13-14-27-22-18(16-8-4-6-10-20(16)24-26)12-11-17-15-7-3-5-9-19(15)23-21(17)22/h3-12,23-24,26H,13-14H2,1-2H3/p+1. The molecule has 3 aromatic carbocycles. The normalized spacial score (nSPS) is 11.6. The minimum Gasteiger partial charge on any atom is -0.489 e. The van der Waals surface area contributed by atoms with Crippen LogP contribution in [0.25, 0.3) is 32.9 Å². The Bertz CT molecular complexity index is 1090. The lowest BCUT2D eigenvalue weighted by atomic mass is 10.0. The third-order valence-corrected chi connectivity index (χ3v) is 4.81. The van der Waals surface area contributed by atoms with Crippen LogP contribution in [-0.4, -0.2) is 42.3 Å². The van der Waals surface area contributed by atoms with E-state index in [1.54, 1.807) is 0 Å². The van der Waals surface area contributed by atoms with Gasteiger partial charge in [0.2, 0.25) is 0 Å². The molecule has 5 nitrogen and oxygen atoms in total. The van der Waals surface area contributed by atoms with Crippen LogP contribution in [-0.2, 0) is 0 Å². The smallest absolute Gasteiger partial charge is 0.169 e. The van der Waals surface area contributed by atoms with Gasteiger partial charge in [0, 0.05) is 40.0 Å². The molecule has 4 rings (SSSR count). The molecule has 0 atom stereocenters. The maximum absolute atomic E-state index is 9.67. The molecule has 1 heterocycles. The lowest BCUT2D eigenvalue weighted by molar-refractivity contribution is -0.825. The van der Waals surface area contributed by atoms with Crippen molar-refractivity contribution in [1.29, 1.82) is 0 Å². The highest BCUT2D eigenvalue weighted by atomic mass is 16.5. The van der Waals surface area contributed by atoms with Crippen LogP contribution < -0.4 is 10.2 Å². The van der Waals surface area contributed by atoms with Gasteiger partial charge in [0.05, 0.1) is 5.52 Å². The van der Waals surface area contributed by atoms with Gasteiger partial charge in [-0.2, -0.15) is 5.48 Å². The maximum Gasteiger partial charge on any atom is 0.169 e. The van der Waals surface area contributed by atoms with E-state index in [0.29, 0.717) is 6.61 Å². The van der Waals surface area contributed by atoms with E-state index in [9.17, 15) is 5.21 Å². The number of para-hydroxylation sites is 2. The second-order valence-corrected chi connectivity index (χ2v) is 6.90. The van der Waals surface area contributed by atoms with Crippen LogP contribution >= 0.6 is 0 Å². The molecule has 0 bridgehead atoms. The van der Waals surface area contributed by atoms with Crippen LogP contribution in [0.5, 0.6) is 5.75 Å². The Labute approximate surface area is 158 Å². The van der Waals surface area contributed by atoms with E-state index >= 15 is 0 Å². The number of nitrogens with zero attached hydrogens (tertiary/aromatic N) is 1. The summed E-state index contributed by atoms with van der Waals surface area (Å²) in [5, 5.41) is 12.0. The van der Waals surface area contributed by atoms with E-state index in [1.807, 2.05) is 50.5 Å². The number of likely N-dealkylation sites (N-methyl/N-ethyl adjacent to an activating group) is 1. The average molecular weight is 362 g/mol. The number of hydrogen-bond donors (Lipinski definition) is 3. The van der Waals surface area contributed by atoms with Crippen molar-refractivity contribution in [2.75, 3.05) is 27.2 Å². The van der Waals surface area contributed by atoms with Crippen molar-refractivity contribution in [3.05, 3.63) is 60.7 Å². The van der Waals surface area contributed by atoms with Crippen molar-refractivity contribution in [2.45, 2.75) is 0 Å². The summed E-state index contributed by atoms with van der Waals surface area (Å²) in [6, 6.07) is 20.3. The molecule has 0 amide bonds. The third kappa shape index (κ3) is 3.28. The number of H-pyrrole nitrogens is 1. The summed E-state index contributed by atoms with van der Waals surface area (Å²) in [5.74, 6) is 0.819. The van der Waals surface area contributed by atoms with Gasteiger partial charge in [-0.15, -0.1) is 0 Å². The lowest BCUT2D eigenvalue weighted by Crippen LogP contribution is -2.73. The molecular weight excluding hydrogens is 338 g/mol. The maximum atomic E-state index is 9.67. The highest BCUT2D eigenvalue weighted by Gasteiger charge is 2.18. The fourth-order valence-electron chi connectivity index (χ4n) is 3.44. The van der Waals surface area contributed by atoms with Crippen LogP contribution in [0.3, 0.4) is 0 Å². The summed E-state index contributed by atoms with van der Waals surface area (Å²) in [7, 11) is 4.06. The van der Waals surface area contributed by atoms with Gasteiger partial charge in [-0.1, -0.05) is 36.4 Å². The van der Waals surface area contributed by atoms with Crippen molar-refractivity contribution in [1.82, 2.24) is 9.88 Å². The van der Waals surface area contributed by atoms with Crippen LogP contribution in [0.15, 0.2) is 60.7 Å². The molecule has 0 unspecified atom stereocenters. The molecule has 1 aromatic heterocycles. The summed E-state index contributed by atoms with van der Waals surface area (Å²) >= 11 is 0. The number of ether oxygens (including phenoxy) is 1. The first kappa shape index (κ1) is 17.5. The third-order valence-electron chi connectivity index (χ3n) is 4.81. The van der Waals surface area contributed by atoms with Crippen molar-refractivity contribution in [2.24, 2.45) is 0 Å². The molecule has 4 N–H and O–H groups in total. The molecular formula is C22H24N3O2+. The molecule has 0 saturated carbocycles. The Morgan fingerprint density at radius 3 is 2.52 bits per heavy atom. The predicted molar refractivity (Wildman–Crippen MR) is 109 cm³/mol. The minimum absolute atomic E-state index is 0.583. The molecule has 138 valence electrons. The molecule has 0 spiro atoms. The Morgan fingerprint density at radius 2 is 1.70 bits per heavy atom. The largest absolute Gasteiger partial charge is 0.489 e. The molecule has 0 saturated heterocycles. The number of rotatable bonds is 6. The zero-order chi connectivity index (χ0) is 18.8. The molecule has 0 aliphatic rings. The number of nitrogens with one attached hydrogen (secondary N) is 1. The molecule has 0 aliphatic heterocycles. The Balaban J connectivity index is 1.93. The van der Waals surface area contributed by atoms with Crippen LogP contribution in [0, 0.1) is 0 Å². The first-order valence-corrected chi connectivity index (χ1v) is 9.07. The van der Waals surface area contributed by atoms with Gasteiger partial charge >= 0.3 is 0 Å². The van der Waals surface area contributed by atoms with E-state index in [1.165, 1.54) is 5.39 Å². The van der Waals surface area contributed by atoms with Gasteiger partial charge < -0.3 is 14.6 Å². The molecule has 5 heteroatoms. The monoisotopic (exact) mass is 362 g/mol. The highest BCUT2D eigenvalue weighted by Crippen LogP contribution is 2.40. The van der Waals surface area contributed by atoms with Gasteiger partial charge in [0.15, 0.2) is 11.4 Å². The predicted octanol–water partition coefficient (Wildman–Crippen LogP) is 3.51. The molecule has 27 heavy (non-hydrogen) atoms. The summed E-state index contributed by atoms with van der Waals surface area (Å²) in [5.41, 5.74) is 5.90. The molecule has 0 radical (unpaired) electrons. The first-order valence-electron chi connectivity index (χ1n) is 9.07. The van der Waals surface area contributed by atoms with Gasteiger partial charge in [-0.3, -0.25) is 0 Å². The van der Waals surface area contributed by atoms with E-state index in [0.717, 1.165) is 51.0 Å². The second-order valence-electron chi connectivity index (χ2n) is 6.90. The highest BCUT2D eigenvalue weighted by molar-refractivity contribution is 6.11. The molecule has 4 aromatic rings. The van der Waals surface area contributed by atoms with Crippen LogP contribution in [0.1, 0.15) is 0 Å². The Kier molecular flexibility index (Phi) is 4.81. The fraction of sp³-hybridized carbons (Fsp3) is 0.182. The zero-order valence-electron chi connectivity index (χ0n) is 15.6. The number of aromatic nitrogens is 1. The van der Waals surface area contributed by atoms with Crippen molar-refractivity contribution in [3.8, 4) is 16.9 Å². The van der Waals surface area contributed by atoms with Gasteiger partial charge in [0.1, 0.15) is 6.61 Å². The first-order chi connectivity index (χ1) is 13.2. The minimum atomic E-state index is 0.583. The summed E-state index contributed by atoms with van der Waals surface area (Å²) in [4.78, 5) is 5.62. The summed E-state index contributed by atoms with van der Waals surface area (Å²) < 4.78 is 6.28. The summed E-state index contributed by atoms with van der Waals surface area (Å²) in [6.45, 7) is 1.41. The van der Waals surface area contributed by atoms with Crippen molar-refractivity contribution < 1.29 is 15.4 Å². The zero-order valence-corrected chi connectivity index (χ0v) is 15.6. The van der Waals surface area contributed by atoms with E-state index in [4.69, 9.17) is 4.74 Å². The van der Waals surface area contributed by atoms with Crippen LogP contribution in [0.2, 0.25) is 0 Å². The van der Waals surface area contributed by atoms with Crippen molar-refractivity contribution in [3.63, 3.8) is 0 Å². The quantitative estimate of drug-likeness (QED) is 0.363. The fourth-order valence-corrected chi connectivity index (χ4v) is 3.44. The second kappa shape index (κ2) is 7.40. The number of aromatic amines is 1. The van der Waals surface area contributed by atoms with E-state index in [2.05, 4.69) is 34.1 Å². The van der Waals surface area contributed by atoms with E-state index < -0.39 is 0 Å². The number of quaternary nitrogens is 1. The van der Waals surface area contributed by atoms with Gasteiger partial charge in [-0.25, -0.2) is 5.21 Å². The molecule has 0 aliphatic carbocycles. The number of fused-ring (bicyclic) bond motifs is 3.